The molecule has 0 saturated carbocycles. The standard InChI is InChI=1S/C19H18N2O2S/c22-16-9-3-1-6-13(16)12-18(23)21-11-5-8-15(21)19-20-14-7-2-4-10-17(14)24-19/h1-4,6-7,9-10,15,22H,5,8,11-12H2. The second-order valence-electron chi connectivity index (χ2n) is 6.07. The van der Waals surface area contributed by atoms with Crippen molar-refractivity contribution in [3.63, 3.8) is 0 Å². The first-order valence-corrected chi connectivity index (χ1v) is 8.96. The molecule has 1 aliphatic heterocycles. The number of phenolic OH excluding ortho intramolecular Hbond substituents is 1. The molecule has 4 rings (SSSR count). The molecule has 0 bridgehead atoms. The average Bonchev–Trinajstić information content (AvgIpc) is 3.23. The van der Waals surface area contributed by atoms with E-state index in [-0.39, 0.29) is 24.1 Å². The first kappa shape index (κ1) is 15.1. The second kappa shape index (κ2) is 6.24. The van der Waals surface area contributed by atoms with Crippen molar-refractivity contribution < 1.29 is 9.90 Å². The summed E-state index contributed by atoms with van der Waals surface area (Å²) in [5, 5.41) is 10.9. The minimum Gasteiger partial charge on any atom is -0.508 e. The van der Waals surface area contributed by atoms with E-state index in [9.17, 15) is 9.90 Å². The normalized spacial score (nSPS) is 17.5. The van der Waals surface area contributed by atoms with Crippen molar-refractivity contribution in [1.82, 2.24) is 9.88 Å². The summed E-state index contributed by atoms with van der Waals surface area (Å²) in [4.78, 5) is 19.4. The molecule has 1 amide bonds. The number of aromatic hydroxyl groups is 1. The number of hydrogen-bond donors (Lipinski definition) is 1. The molecular weight excluding hydrogens is 320 g/mol. The van der Waals surface area contributed by atoms with Gasteiger partial charge in [0.15, 0.2) is 0 Å². The van der Waals surface area contributed by atoms with Crippen LogP contribution >= 0.6 is 11.3 Å². The maximum atomic E-state index is 12.8. The number of carbonyl (C=O) groups is 1. The van der Waals surface area contributed by atoms with Crippen molar-refractivity contribution in [2.24, 2.45) is 0 Å². The largest absolute Gasteiger partial charge is 0.508 e. The fraction of sp³-hybridized carbons (Fsp3) is 0.263. The molecule has 24 heavy (non-hydrogen) atoms. The third-order valence-electron chi connectivity index (χ3n) is 4.50. The number of amides is 1. The molecule has 122 valence electrons. The zero-order valence-electron chi connectivity index (χ0n) is 13.2. The number of aromatic nitrogens is 1. The van der Waals surface area contributed by atoms with E-state index in [1.165, 1.54) is 0 Å². The van der Waals surface area contributed by atoms with Crippen molar-refractivity contribution in [1.29, 1.82) is 0 Å². The van der Waals surface area contributed by atoms with E-state index in [0.29, 0.717) is 5.56 Å². The molecule has 1 saturated heterocycles. The highest BCUT2D eigenvalue weighted by Gasteiger charge is 2.32. The van der Waals surface area contributed by atoms with Gasteiger partial charge in [0.2, 0.25) is 5.91 Å². The quantitative estimate of drug-likeness (QED) is 0.788. The van der Waals surface area contributed by atoms with Crippen molar-refractivity contribution in [2.75, 3.05) is 6.54 Å². The summed E-state index contributed by atoms with van der Waals surface area (Å²) in [7, 11) is 0. The molecule has 1 aromatic heterocycles. The first-order chi connectivity index (χ1) is 11.7. The number of hydrogen-bond acceptors (Lipinski definition) is 4. The number of benzene rings is 2. The number of rotatable bonds is 3. The summed E-state index contributed by atoms with van der Waals surface area (Å²) >= 11 is 1.67. The number of para-hydroxylation sites is 2. The van der Waals surface area contributed by atoms with Gasteiger partial charge >= 0.3 is 0 Å². The SMILES string of the molecule is O=C(Cc1ccccc1O)N1CCCC1c1nc2ccccc2s1. The lowest BCUT2D eigenvalue weighted by atomic mass is 10.1. The molecule has 1 N–H and O–H groups in total. The molecular formula is C19H18N2O2S. The number of carbonyl (C=O) groups excluding carboxylic acids is 1. The van der Waals surface area contributed by atoms with Crippen LogP contribution in [0.1, 0.15) is 29.5 Å². The Morgan fingerprint density at radius 2 is 2.00 bits per heavy atom. The first-order valence-electron chi connectivity index (χ1n) is 8.14. The van der Waals surface area contributed by atoms with Crippen LogP contribution in [-0.4, -0.2) is 27.4 Å². The molecule has 1 fully saturated rings. The van der Waals surface area contributed by atoms with E-state index < -0.39 is 0 Å². The number of thiazole rings is 1. The monoisotopic (exact) mass is 338 g/mol. The molecule has 0 radical (unpaired) electrons. The minimum absolute atomic E-state index is 0.0539. The highest BCUT2D eigenvalue weighted by atomic mass is 32.1. The van der Waals surface area contributed by atoms with Crippen LogP contribution in [0.15, 0.2) is 48.5 Å². The van der Waals surface area contributed by atoms with Crippen molar-refractivity contribution in [3.05, 3.63) is 59.1 Å². The summed E-state index contributed by atoms with van der Waals surface area (Å²) in [5.41, 5.74) is 1.68. The molecule has 2 heterocycles. The Labute approximate surface area is 144 Å². The minimum atomic E-state index is 0.0539. The van der Waals surface area contributed by atoms with E-state index in [1.54, 1.807) is 29.5 Å². The summed E-state index contributed by atoms with van der Waals surface area (Å²) in [6.07, 6.45) is 2.17. The fourth-order valence-electron chi connectivity index (χ4n) is 3.28. The smallest absolute Gasteiger partial charge is 0.227 e. The average molecular weight is 338 g/mol. The molecule has 1 unspecified atom stereocenters. The highest BCUT2D eigenvalue weighted by Crippen LogP contribution is 2.36. The van der Waals surface area contributed by atoms with Crippen LogP contribution in [0.5, 0.6) is 5.75 Å². The molecule has 1 atom stereocenters. The Hall–Kier alpha value is -2.40. The van der Waals surface area contributed by atoms with Crippen molar-refractivity contribution in [2.45, 2.75) is 25.3 Å². The number of fused-ring (bicyclic) bond motifs is 1. The van der Waals surface area contributed by atoms with E-state index >= 15 is 0 Å². The van der Waals surface area contributed by atoms with E-state index in [1.807, 2.05) is 29.2 Å². The van der Waals surface area contributed by atoms with Crippen molar-refractivity contribution >= 4 is 27.5 Å². The van der Waals surface area contributed by atoms with Gasteiger partial charge < -0.3 is 10.0 Å². The Morgan fingerprint density at radius 3 is 2.83 bits per heavy atom. The third kappa shape index (κ3) is 2.76. The van der Waals surface area contributed by atoms with Crippen LogP contribution in [0.2, 0.25) is 0 Å². The molecule has 4 nitrogen and oxygen atoms in total. The van der Waals surface area contributed by atoms with Gasteiger partial charge in [-0.15, -0.1) is 11.3 Å². The lowest BCUT2D eigenvalue weighted by molar-refractivity contribution is -0.131. The van der Waals surface area contributed by atoms with Gasteiger partial charge in [0.25, 0.3) is 0 Å². The van der Waals surface area contributed by atoms with Gasteiger partial charge in [0, 0.05) is 12.1 Å². The predicted octanol–water partition coefficient (Wildman–Crippen LogP) is 3.91. The Kier molecular flexibility index (Phi) is 3.94. The zero-order chi connectivity index (χ0) is 16.5. The van der Waals surface area contributed by atoms with Gasteiger partial charge in [0.05, 0.1) is 22.7 Å². The topological polar surface area (TPSA) is 53.4 Å². The number of phenols is 1. The lowest BCUT2D eigenvalue weighted by Gasteiger charge is -2.23. The summed E-state index contributed by atoms with van der Waals surface area (Å²) in [5.74, 6) is 0.236. The maximum absolute atomic E-state index is 12.8. The second-order valence-corrected chi connectivity index (χ2v) is 7.13. The molecule has 3 aromatic rings. The van der Waals surface area contributed by atoms with E-state index in [4.69, 9.17) is 4.98 Å². The number of nitrogens with zero attached hydrogens (tertiary/aromatic N) is 2. The fourth-order valence-corrected chi connectivity index (χ4v) is 4.39. The summed E-state index contributed by atoms with van der Waals surface area (Å²) < 4.78 is 1.16. The van der Waals surface area contributed by atoms with Gasteiger partial charge in [-0.05, 0) is 31.0 Å². The highest BCUT2D eigenvalue weighted by molar-refractivity contribution is 7.18. The van der Waals surface area contributed by atoms with Crippen LogP contribution < -0.4 is 0 Å². The van der Waals surface area contributed by atoms with Crippen LogP contribution in [0, 0.1) is 0 Å². The van der Waals surface area contributed by atoms with Crippen LogP contribution in [0.25, 0.3) is 10.2 Å². The number of likely N-dealkylation sites (tertiary alicyclic amines) is 1. The van der Waals surface area contributed by atoms with Gasteiger partial charge in [-0.25, -0.2) is 4.98 Å². The third-order valence-corrected chi connectivity index (χ3v) is 5.64. The Morgan fingerprint density at radius 1 is 1.21 bits per heavy atom. The van der Waals surface area contributed by atoms with Crippen LogP contribution in [0.4, 0.5) is 0 Å². The van der Waals surface area contributed by atoms with Crippen molar-refractivity contribution in [3.8, 4) is 5.75 Å². The molecule has 2 aromatic carbocycles. The van der Waals surface area contributed by atoms with Crippen LogP contribution in [0.3, 0.4) is 0 Å². The van der Waals surface area contributed by atoms with Gasteiger partial charge in [-0.1, -0.05) is 30.3 Å². The van der Waals surface area contributed by atoms with Crippen LogP contribution in [-0.2, 0) is 11.2 Å². The Balaban J connectivity index is 1.58. The predicted molar refractivity (Wildman–Crippen MR) is 95.1 cm³/mol. The summed E-state index contributed by atoms with van der Waals surface area (Å²) in [6, 6.07) is 15.2. The maximum Gasteiger partial charge on any atom is 0.227 e. The lowest BCUT2D eigenvalue weighted by Crippen LogP contribution is -2.31. The van der Waals surface area contributed by atoms with Gasteiger partial charge in [-0.3, -0.25) is 4.79 Å². The molecule has 0 aliphatic carbocycles. The zero-order valence-corrected chi connectivity index (χ0v) is 14.0. The molecule has 0 spiro atoms. The Bertz CT molecular complexity index is 857. The van der Waals surface area contributed by atoms with Gasteiger partial charge in [-0.2, -0.15) is 0 Å². The molecule has 5 heteroatoms. The van der Waals surface area contributed by atoms with E-state index in [2.05, 4.69) is 6.07 Å². The van der Waals surface area contributed by atoms with E-state index in [0.717, 1.165) is 34.6 Å². The summed E-state index contributed by atoms with van der Waals surface area (Å²) in [6.45, 7) is 0.757. The molecule has 1 aliphatic rings. The van der Waals surface area contributed by atoms with Gasteiger partial charge in [0.1, 0.15) is 10.8 Å².